The number of rotatable bonds is 5. The van der Waals surface area contributed by atoms with Crippen molar-refractivity contribution in [3.63, 3.8) is 0 Å². The van der Waals surface area contributed by atoms with Gasteiger partial charge in [0.15, 0.2) is 0 Å². The topological polar surface area (TPSA) is 9.23 Å². The minimum Gasteiger partial charge on any atom is -0.287 e. The fraction of sp³-hybridized carbons (Fsp3) is 1.00. The molecular weight excluding hydrogens is 403 g/mol. The molecule has 0 fully saturated rings. The molecule has 0 N–H and O–H groups in total. The lowest BCUT2D eigenvalue weighted by atomic mass is 10.3. The Labute approximate surface area is 126 Å². The Balaban J connectivity index is 5.33. The molecule has 0 aliphatic carbocycles. The van der Waals surface area contributed by atoms with E-state index in [4.69, 9.17) is 0 Å². The summed E-state index contributed by atoms with van der Waals surface area (Å²) in [6.45, 7) is 0. The molecule has 0 radical (unpaired) electrons. The second-order valence-corrected chi connectivity index (χ2v) is 6.16. The number of alkyl halides is 12. The SMILES string of the molecule is FC(F)(Cl)C(F)(F)C(Cl)(Cl)OC(F)(Cl)C(F)(Cl)Cl. The molecule has 0 bridgehead atoms. The van der Waals surface area contributed by atoms with Crippen molar-refractivity contribution >= 4 is 69.6 Å². The molecule has 1 nitrogen and oxygen atoms in total. The molecule has 0 rings (SSSR count). The van der Waals surface area contributed by atoms with Crippen LogP contribution >= 0.6 is 69.6 Å². The molecule has 0 saturated heterocycles. The van der Waals surface area contributed by atoms with E-state index in [1.165, 1.54) is 0 Å². The summed E-state index contributed by atoms with van der Waals surface area (Å²) in [7, 11) is 0. The second-order valence-electron chi connectivity index (χ2n) is 2.71. The normalized spacial score (nSPS) is 18.7. The van der Waals surface area contributed by atoms with Crippen LogP contribution in [-0.4, -0.2) is 25.7 Å². The number of hydrogen-bond acceptors (Lipinski definition) is 1. The van der Waals surface area contributed by atoms with Gasteiger partial charge in [0.2, 0.25) is 0 Å². The molecule has 18 heavy (non-hydrogen) atoms. The van der Waals surface area contributed by atoms with Gasteiger partial charge in [0.1, 0.15) is 0 Å². The fourth-order valence-corrected chi connectivity index (χ4v) is 1.40. The Kier molecular flexibility index (Phi) is 5.61. The van der Waals surface area contributed by atoms with E-state index in [0.717, 1.165) is 0 Å². The third kappa shape index (κ3) is 3.90. The highest BCUT2D eigenvalue weighted by Crippen LogP contribution is 2.55. The third-order valence-electron chi connectivity index (χ3n) is 1.31. The molecule has 0 aromatic rings. The number of ether oxygens (including phenoxy) is 1. The van der Waals surface area contributed by atoms with E-state index in [1.54, 1.807) is 0 Å². The van der Waals surface area contributed by atoms with E-state index in [0.29, 0.717) is 0 Å². The molecule has 110 valence electrons. The van der Waals surface area contributed by atoms with Crippen molar-refractivity contribution in [1.82, 2.24) is 0 Å². The van der Waals surface area contributed by atoms with Crippen molar-refractivity contribution < 1.29 is 31.1 Å². The molecule has 0 aromatic heterocycles. The van der Waals surface area contributed by atoms with Gasteiger partial charge in [-0.1, -0.05) is 46.4 Å². The predicted octanol–water partition coefficient (Wildman–Crippen LogP) is 5.56. The minimum atomic E-state index is -5.56. The maximum Gasteiger partial charge on any atom is 0.389 e. The van der Waals surface area contributed by atoms with Gasteiger partial charge in [-0.3, -0.25) is 4.74 Å². The molecule has 0 aromatic carbocycles. The summed E-state index contributed by atoms with van der Waals surface area (Å²) in [5.74, 6) is -5.56. The molecule has 0 aliphatic heterocycles. The van der Waals surface area contributed by atoms with Gasteiger partial charge in [-0.05, 0) is 23.2 Å². The lowest BCUT2D eigenvalue weighted by molar-refractivity contribution is -0.258. The van der Waals surface area contributed by atoms with Crippen LogP contribution in [0, 0.1) is 0 Å². The molecule has 1 unspecified atom stereocenters. The van der Waals surface area contributed by atoms with Crippen LogP contribution in [0.25, 0.3) is 0 Å². The first-order valence-corrected chi connectivity index (χ1v) is 5.69. The van der Waals surface area contributed by atoms with Gasteiger partial charge in [-0.15, -0.1) is 0 Å². The standard InChI is InChI=1S/C5Cl6F6O/c6-2(7,14)5(11,17)18-3(8,9)1(12,13)4(10,15)16. The van der Waals surface area contributed by atoms with Gasteiger partial charge in [0.25, 0.3) is 4.52 Å². The van der Waals surface area contributed by atoms with E-state index in [1.807, 2.05) is 0 Å². The molecule has 0 heterocycles. The monoisotopic (exact) mass is 400 g/mol. The van der Waals surface area contributed by atoms with E-state index >= 15 is 0 Å². The third-order valence-corrected chi connectivity index (χ3v) is 3.19. The smallest absolute Gasteiger partial charge is 0.287 e. The summed E-state index contributed by atoms with van der Waals surface area (Å²) in [6.07, 6.45) is 0. The zero-order valence-electron chi connectivity index (χ0n) is 7.44. The van der Waals surface area contributed by atoms with Gasteiger partial charge in [0.05, 0.1) is 0 Å². The number of halogens is 12. The van der Waals surface area contributed by atoms with Crippen LogP contribution in [0.3, 0.4) is 0 Å². The quantitative estimate of drug-likeness (QED) is 0.432. The van der Waals surface area contributed by atoms with Crippen LogP contribution in [0.1, 0.15) is 0 Å². The summed E-state index contributed by atoms with van der Waals surface area (Å²) < 4.78 is 71.1. The Morgan fingerprint density at radius 2 is 1.00 bits per heavy atom. The molecule has 0 aliphatic rings. The first-order chi connectivity index (χ1) is 7.46. The first-order valence-electron chi connectivity index (χ1n) is 3.43. The molecular formula is C5Cl6F6O. The lowest BCUT2D eigenvalue weighted by Crippen LogP contribution is -2.55. The predicted molar refractivity (Wildman–Crippen MR) is 56.5 cm³/mol. The zero-order valence-corrected chi connectivity index (χ0v) is 12.0. The molecule has 0 spiro atoms. The van der Waals surface area contributed by atoms with Crippen LogP contribution < -0.4 is 0 Å². The Hall–Kier alpha value is 1.28. The van der Waals surface area contributed by atoms with E-state index < -0.39 is 25.7 Å². The number of hydrogen-bond donors (Lipinski definition) is 0. The van der Waals surface area contributed by atoms with E-state index in [9.17, 15) is 26.3 Å². The van der Waals surface area contributed by atoms with Crippen molar-refractivity contribution in [3.8, 4) is 0 Å². The lowest BCUT2D eigenvalue weighted by Gasteiger charge is -2.36. The molecule has 0 saturated carbocycles. The Morgan fingerprint density at radius 3 is 1.22 bits per heavy atom. The van der Waals surface area contributed by atoms with Crippen molar-refractivity contribution in [3.05, 3.63) is 0 Å². The average Bonchev–Trinajstić information content (AvgIpc) is 1.96. The maximum absolute atomic E-state index is 13.1. The maximum atomic E-state index is 13.1. The highest BCUT2D eigenvalue weighted by Gasteiger charge is 2.72. The highest BCUT2D eigenvalue weighted by molar-refractivity contribution is 6.52. The van der Waals surface area contributed by atoms with E-state index in [2.05, 4.69) is 74.3 Å². The Morgan fingerprint density at radius 1 is 0.667 bits per heavy atom. The van der Waals surface area contributed by atoms with Gasteiger partial charge in [-0.2, -0.15) is 26.3 Å². The summed E-state index contributed by atoms with van der Waals surface area (Å²) in [5, 5.41) is -9.81. The van der Waals surface area contributed by atoms with Gasteiger partial charge in [0, 0.05) is 0 Å². The fourth-order valence-electron chi connectivity index (χ4n) is 0.448. The van der Waals surface area contributed by atoms with Gasteiger partial charge in [-0.25, -0.2) is 0 Å². The van der Waals surface area contributed by atoms with Crippen LogP contribution in [0.4, 0.5) is 26.3 Å². The summed E-state index contributed by atoms with van der Waals surface area (Å²) in [6, 6.07) is 0. The van der Waals surface area contributed by atoms with Crippen molar-refractivity contribution in [2.75, 3.05) is 0 Å². The molecule has 1 atom stereocenters. The van der Waals surface area contributed by atoms with Crippen molar-refractivity contribution in [2.45, 2.75) is 25.7 Å². The summed E-state index contributed by atoms with van der Waals surface area (Å²) in [4.78, 5) is 0. The summed E-state index contributed by atoms with van der Waals surface area (Å²) >= 11 is 26.7. The minimum absolute atomic E-state index is 3.26. The molecule has 13 heteroatoms. The largest absolute Gasteiger partial charge is 0.389 e. The zero-order chi connectivity index (χ0) is 15.2. The van der Waals surface area contributed by atoms with Crippen LogP contribution in [0.5, 0.6) is 0 Å². The van der Waals surface area contributed by atoms with Crippen molar-refractivity contribution in [2.24, 2.45) is 0 Å². The van der Waals surface area contributed by atoms with E-state index in [-0.39, 0.29) is 0 Å². The molecule has 0 amide bonds. The first kappa shape index (κ1) is 19.3. The second kappa shape index (κ2) is 5.24. The Bertz CT molecular complexity index is 309. The highest BCUT2D eigenvalue weighted by atomic mass is 35.5. The van der Waals surface area contributed by atoms with Crippen LogP contribution in [0.15, 0.2) is 0 Å². The van der Waals surface area contributed by atoms with Gasteiger partial charge >= 0.3 is 21.2 Å². The average molecular weight is 403 g/mol. The summed E-state index contributed by atoms with van der Waals surface area (Å²) in [5.41, 5.74) is 0. The van der Waals surface area contributed by atoms with Crippen molar-refractivity contribution in [1.29, 1.82) is 0 Å². The van der Waals surface area contributed by atoms with Crippen LogP contribution in [-0.2, 0) is 4.74 Å². The van der Waals surface area contributed by atoms with Crippen LogP contribution in [0.2, 0.25) is 0 Å². The van der Waals surface area contributed by atoms with Gasteiger partial charge < -0.3 is 0 Å².